The Hall–Kier alpha value is -0.0200. The number of hydrogen-bond acceptors (Lipinski definition) is 3. The second kappa shape index (κ2) is 2.51. The van der Waals surface area contributed by atoms with E-state index in [0.717, 1.165) is 13.0 Å². The topological polar surface area (TPSA) is 29.1 Å². The van der Waals surface area contributed by atoms with Crippen LogP contribution in [0.4, 0.5) is 0 Å². The van der Waals surface area contributed by atoms with E-state index in [1.54, 1.807) is 0 Å². The molecule has 0 radical (unpaired) electrons. The van der Waals surface area contributed by atoms with Crippen LogP contribution < -0.4 is 5.32 Å². The summed E-state index contributed by atoms with van der Waals surface area (Å²) in [5, 5.41) is 2.76. The van der Waals surface area contributed by atoms with Crippen LogP contribution in [0.2, 0.25) is 0 Å². The van der Waals surface area contributed by atoms with Gasteiger partial charge in [-0.2, -0.15) is 12.6 Å². The van der Waals surface area contributed by atoms with E-state index < -0.39 is 0 Å². The predicted octanol–water partition coefficient (Wildman–Crippen LogP) is 0.195. The van der Waals surface area contributed by atoms with Gasteiger partial charge in [0.2, 0.25) is 0 Å². The van der Waals surface area contributed by atoms with Crippen LogP contribution in [0.1, 0.15) is 12.8 Å². The molecule has 1 fully saturated rings. The van der Waals surface area contributed by atoms with E-state index in [9.17, 15) is 4.79 Å². The number of carbonyl (C=O) groups is 1. The van der Waals surface area contributed by atoms with Gasteiger partial charge in [-0.3, -0.25) is 10.1 Å². The maximum Gasteiger partial charge on any atom is 0.159 e. The first-order valence-electron chi connectivity index (χ1n) is 2.75. The zero-order valence-corrected chi connectivity index (χ0v) is 5.45. The molecule has 1 heterocycles. The van der Waals surface area contributed by atoms with Gasteiger partial charge in [0.1, 0.15) is 5.37 Å². The van der Waals surface area contributed by atoms with E-state index in [-0.39, 0.29) is 11.2 Å². The molecule has 0 saturated carbocycles. The molecule has 1 N–H and O–H groups in total. The number of nitrogens with one attached hydrogen (secondary N) is 1. The van der Waals surface area contributed by atoms with Gasteiger partial charge in [-0.25, -0.2) is 0 Å². The van der Waals surface area contributed by atoms with Gasteiger partial charge in [0.05, 0.1) is 0 Å². The first kappa shape index (κ1) is 6.11. The summed E-state index contributed by atoms with van der Waals surface area (Å²) in [6.45, 7) is 0.930. The molecule has 0 aromatic rings. The van der Waals surface area contributed by atoms with Crippen molar-refractivity contribution in [2.75, 3.05) is 6.54 Å². The molecule has 0 bridgehead atoms. The number of thiol groups is 1. The van der Waals surface area contributed by atoms with E-state index >= 15 is 0 Å². The molecule has 2 nitrogen and oxygen atoms in total. The summed E-state index contributed by atoms with van der Waals surface area (Å²) in [5.74, 6) is 0.222. The number of ketones is 1. The van der Waals surface area contributed by atoms with Crippen LogP contribution in [0.3, 0.4) is 0 Å². The van der Waals surface area contributed by atoms with Gasteiger partial charge in [-0.05, 0) is 13.0 Å². The molecule has 0 amide bonds. The molecule has 1 aliphatic rings. The van der Waals surface area contributed by atoms with Crippen LogP contribution in [0.15, 0.2) is 0 Å². The highest BCUT2D eigenvalue weighted by molar-refractivity contribution is 7.81. The molecule has 0 aromatic carbocycles. The number of piperidine rings is 1. The highest BCUT2D eigenvalue weighted by Crippen LogP contribution is 2.04. The van der Waals surface area contributed by atoms with Crippen molar-refractivity contribution in [3.8, 4) is 0 Å². The monoisotopic (exact) mass is 131 g/mol. The van der Waals surface area contributed by atoms with Crippen LogP contribution in [0, 0.1) is 0 Å². The van der Waals surface area contributed by atoms with Crippen molar-refractivity contribution < 1.29 is 4.79 Å². The molecule has 1 rings (SSSR count). The normalized spacial score (nSPS) is 30.6. The fourth-order valence-electron chi connectivity index (χ4n) is 0.752. The van der Waals surface area contributed by atoms with Crippen molar-refractivity contribution in [2.24, 2.45) is 0 Å². The molecular formula is C5H9NOS. The molecule has 1 saturated heterocycles. The van der Waals surface area contributed by atoms with Gasteiger partial charge in [0, 0.05) is 6.42 Å². The third-order valence-electron chi connectivity index (χ3n) is 1.24. The van der Waals surface area contributed by atoms with Crippen LogP contribution in [0.5, 0.6) is 0 Å². The molecule has 8 heavy (non-hydrogen) atoms. The van der Waals surface area contributed by atoms with E-state index in [0.29, 0.717) is 6.42 Å². The summed E-state index contributed by atoms with van der Waals surface area (Å²) in [5.41, 5.74) is 0. The molecule has 3 heteroatoms. The Labute approximate surface area is 54.1 Å². The smallest absolute Gasteiger partial charge is 0.159 e. The molecule has 0 aromatic heterocycles. The molecule has 0 spiro atoms. The van der Waals surface area contributed by atoms with Gasteiger partial charge < -0.3 is 0 Å². The summed E-state index contributed by atoms with van der Waals surface area (Å²) in [7, 11) is 0. The zero-order valence-electron chi connectivity index (χ0n) is 4.55. The number of hydrogen-bond donors (Lipinski definition) is 2. The summed E-state index contributed by atoms with van der Waals surface area (Å²) < 4.78 is 0. The Morgan fingerprint density at radius 3 is 2.88 bits per heavy atom. The number of Topliss-reactive ketones (excluding diaryl/α,β-unsaturated/α-hetero) is 1. The number of rotatable bonds is 0. The molecular weight excluding hydrogens is 122 g/mol. The van der Waals surface area contributed by atoms with E-state index in [4.69, 9.17) is 0 Å². The highest BCUT2D eigenvalue weighted by Gasteiger charge is 2.16. The van der Waals surface area contributed by atoms with Crippen molar-refractivity contribution in [2.45, 2.75) is 18.2 Å². The Morgan fingerprint density at radius 1 is 1.75 bits per heavy atom. The lowest BCUT2D eigenvalue weighted by Gasteiger charge is -2.16. The third-order valence-corrected chi connectivity index (χ3v) is 1.71. The predicted molar refractivity (Wildman–Crippen MR) is 35.0 cm³/mol. The fraction of sp³-hybridized carbons (Fsp3) is 0.800. The minimum absolute atomic E-state index is 0.191. The van der Waals surface area contributed by atoms with E-state index in [1.807, 2.05) is 0 Å². The third kappa shape index (κ3) is 1.23. The van der Waals surface area contributed by atoms with Crippen molar-refractivity contribution in [3.63, 3.8) is 0 Å². The zero-order chi connectivity index (χ0) is 5.98. The van der Waals surface area contributed by atoms with Crippen molar-refractivity contribution in [3.05, 3.63) is 0 Å². The van der Waals surface area contributed by atoms with Crippen LogP contribution in [0.25, 0.3) is 0 Å². The van der Waals surface area contributed by atoms with Gasteiger partial charge >= 0.3 is 0 Å². The quantitative estimate of drug-likeness (QED) is 0.460. The Bertz CT molecular complexity index is 105. The Kier molecular flexibility index (Phi) is 1.91. The van der Waals surface area contributed by atoms with Gasteiger partial charge in [0.25, 0.3) is 0 Å². The Balaban J connectivity index is 2.39. The maximum absolute atomic E-state index is 10.7. The average molecular weight is 131 g/mol. The first-order chi connectivity index (χ1) is 3.80. The van der Waals surface area contributed by atoms with Crippen LogP contribution in [-0.4, -0.2) is 17.7 Å². The van der Waals surface area contributed by atoms with Gasteiger partial charge in [-0.1, -0.05) is 0 Å². The second-order valence-electron chi connectivity index (χ2n) is 1.93. The lowest BCUT2D eigenvalue weighted by atomic mass is 10.1. The summed E-state index contributed by atoms with van der Waals surface area (Å²) in [6, 6.07) is 0. The van der Waals surface area contributed by atoms with Crippen LogP contribution in [-0.2, 0) is 4.79 Å². The van der Waals surface area contributed by atoms with Crippen molar-refractivity contribution >= 4 is 18.4 Å². The second-order valence-corrected chi connectivity index (χ2v) is 2.44. The lowest BCUT2D eigenvalue weighted by molar-refractivity contribution is -0.120. The van der Waals surface area contributed by atoms with Crippen molar-refractivity contribution in [1.82, 2.24) is 5.32 Å². The fourth-order valence-corrected chi connectivity index (χ4v) is 1.01. The van der Waals surface area contributed by atoms with E-state index in [1.165, 1.54) is 0 Å². The summed E-state index contributed by atoms with van der Waals surface area (Å²) in [6.07, 6.45) is 1.66. The minimum Gasteiger partial charge on any atom is -0.299 e. The largest absolute Gasteiger partial charge is 0.299 e. The highest BCUT2D eigenvalue weighted by atomic mass is 32.1. The minimum atomic E-state index is -0.191. The lowest BCUT2D eigenvalue weighted by Crippen LogP contribution is -2.37. The van der Waals surface area contributed by atoms with Gasteiger partial charge in [-0.15, -0.1) is 0 Å². The van der Waals surface area contributed by atoms with Gasteiger partial charge in [0.15, 0.2) is 5.78 Å². The number of carbonyl (C=O) groups excluding carboxylic acids is 1. The Morgan fingerprint density at radius 2 is 2.50 bits per heavy atom. The maximum atomic E-state index is 10.7. The summed E-state index contributed by atoms with van der Waals surface area (Å²) in [4.78, 5) is 10.7. The molecule has 1 atom stereocenters. The molecule has 1 unspecified atom stereocenters. The standard InChI is InChI=1S/C5H9NOS/c7-4-2-1-3-6-5(4)8/h5-6,8H,1-3H2. The van der Waals surface area contributed by atoms with Crippen LogP contribution >= 0.6 is 12.6 Å². The van der Waals surface area contributed by atoms with Crippen molar-refractivity contribution in [1.29, 1.82) is 0 Å². The SMILES string of the molecule is O=C1CCCNC1S. The van der Waals surface area contributed by atoms with E-state index in [2.05, 4.69) is 17.9 Å². The molecule has 0 aliphatic carbocycles. The average Bonchev–Trinajstić information content (AvgIpc) is 1.77. The summed E-state index contributed by atoms with van der Waals surface area (Å²) >= 11 is 4.00. The molecule has 46 valence electrons. The first-order valence-corrected chi connectivity index (χ1v) is 3.26. The molecule has 1 aliphatic heterocycles.